The summed E-state index contributed by atoms with van der Waals surface area (Å²) in [5.74, 6) is -0.0569. The monoisotopic (exact) mass is 210 g/mol. The molecule has 0 spiro atoms. The minimum absolute atomic E-state index is 0.0569. The number of hydrogen-bond acceptors (Lipinski definition) is 3. The van der Waals surface area contributed by atoms with Gasteiger partial charge in [0.15, 0.2) is 0 Å². The summed E-state index contributed by atoms with van der Waals surface area (Å²) in [6, 6.07) is 2.04. The molecule has 1 amide bonds. The Morgan fingerprint density at radius 3 is 2.86 bits per heavy atom. The lowest BCUT2D eigenvalue weighted by molar-refractivity contribution is -0.120. The summed E-state index contributed by atoms with van der Waals surface area (Å²) >= 11 is 1.63. The Morgan fingerprint density at radius 2 is 2.36 bits per heavy atom. The second-order valence-corrected chi connectivity index (χ2v) is 3.93. The van der Waals surface area contributed by atoms with Crippen molar-refractivity contribution in [3.63, 3.8) is 0 Å². The highest BCUT2D eigenvalue weighted by molar-refractivity contribution is 7.12. The van der Waals surface area contributed by atoms with Gasteiger partial charge < -0.3 is 0 Å². The molecule has 0 aromatic carbocycles. The fourth-order valence-corrected chi connectivity index (χ4v) is 1.90. The van der Waals surface area contributed by atoms with Crippen LogP contribution < -0.4 is 5.43 Å². The first kappa shape index (κ1) is 10.9. The highest BCUT2D eigenvalue weighted by Crippen LogP contribution is 2.16. The van der Waals surface area contributed by atoms with Gasteiger partial charge >= 0.3 is 0 Å². The van der Waals surface area contributed by atoms with Crippen LogP contribution in [0.5, 0.6) is 0 Å². The minimum atomic E-state index is -0.0569. The van der Waals surface area contributed by atoms with Gasteiger partial charge in [-0.25, -0.2) is 5.43 Å². The largest absolute Gasteiger partial charge is 0.273 e. The Balaban J connectivity index is 2.70. The van der Waals surface area contributed by atoms with Crippen molar-refractivity contribution in [2.24, 2.45) is 5.10 Å². The van der Waals surface area contributed by atoms with E-state index in [9.17, 15) is 4.79 Å². The van der Waals surface area contributed by atoms with Crippen molar-refractivity contribution in [3.8, 4) is 0 Å². The Kier molecular flexibility index (Phi) is 3.83. The van der Waals surface area contributed by atoms with Crippen LogP contribution in [0.25, 0.3) is 0 Å². The van der Waals surface area contributed by atoms with Gasteiger partial charge in [-0.1, -0.05) is 6.92 Å². The van der Waals surface area contributed by atoms with E-state index in [1.54, 1.807) is 18.3 Å². The third-order valence-corrected chi connectivity index (χ3v) is 2.99. The maximum Gasteiger partial charge on any atom is 0.239 e. The van der Waals surface area contributed by atoms with Crippen LogP contribution in [0, 0.1) is 6.92 Å². The Morgan fingerprint density at radius 1 is 1.64 bits per heavy atom. The van der Waals surface area contributed by atoms with Crippen molar-refractivity contribution in [1.29, 1.82) is 0 Å². The molecule has 1 heterocycles. The van der Waals surface area contributed by atoms with Crippen molar-refractivity contribution >= 4 is 23.0 Å². The van der Waals surface area contributed by atoms with Crippen LogP contribution in [0.3, 0.4) is 0 Å². The summed E-state index contributed by atoms with van der Waals surface area (Å²) in [6.45, 7) is 5.73. The number of aryl methyl sites for hydroxylation is 1. The van der Waals surface area contributed by atoms with Crippen LogP contribution in [0.1, 0.15) is 30.7 Å². The summed E-state index contributed by atoms with van der Waals surface area (Å²) < 4.78 is 0. The normalized spacial score (nSPS) is 11.5. The Labute approximate surface area is 87.8 Å². The number of nitrogens with one attached hydrogen (secondary N) is 1. The van der Waals surface area contributed by atoms with Crippen molar-refractivity contribution < 1.29 is 4.79 Å². The van der Waals surface area contributed by atoms with Gasteiger partial charge in [0.2, 0.25) is 5.91 Å². The fourth-order valence-electron chi connectivity index (χ4n) is 1.02. The third kappa shape index (κ3) is 2.67. The molecule has 0 aliphatic carbocycles. The van der Waals surface area contributed by atoms with Gasteiger partial charge in [0, 0.05) is 6.42 Å². The fraction of sp³-hybridized carbons (Fsp3) is 0.400. The topological polar surface area (TPSA) is 41.5 Å². The lowest BCUT2D eigenvalue weighted by Gasteiger charge is -1.99. The lowest BCUT2D eigenvalue weighted by atomic mass is 10.2. The van der Waals surface area contributed by atoms with E-state index in [1.165, 1.54) is 5.56 Å². The molecular formula is C10H14N2OS. The second kappa shape index (κ2) is 4.91. The SMILES string of the molecule is CCC(=O)NN=C(C)c1sccc1C. The van der Waals surface area contributed by atoms with Crippen molar-refractivity contribution in [2.45, 2.75) is 27.2 Å². The van der Waals surface area contributed by atoms with Crippen LogP contribution in [-0.2, 0) is 4.79 Å². The molecule has 76 valence electrons. The van der Waals surface area contributed by atoms with Gasteiger partial charge in [-0.3, -0.25) is 4.79 Å². The standard InChI is InChI=1S/C10H14N2OS/c1-4-9(13)12-11-8(3)10-7(2)5-6-14-10/h5-6H,4H2,1-3H3,(H,12,13). The average Bonchev–Trinajstić information content (AvgIpc) is 2.60. The van der Waals surface area contributed by atoms with E-state index in [-0.39, 0.29) is 5.91 Å². The maximum atomic E-state index is 11.0. The second-order valence-electron chi connectivity index (χ2n) is 3.02. The quantitative estimate of drug-likeness (QED) is 0.603. The first-order valence-electron chi connectivity index (χ1n) is 4.52. The number of thiophene rings is 1. The number of carbonyl (C=O) groups is 1. The van der Waals surface area contributed by atoms with Gasteiger partial charge in [0.05, 0.1) is 10.6 Å². The van der Waals surface area contributed by atoms with E-state index in [2.05, 4.69) is 10.5 Å². The van der Waals surface area contributed by atoms with E-state index in [0.29, 0.717) is 6.42 Å². The van der Waals surface area contributed by atoms with E-state index in [0.717, 1.165) is 10.6 Å². The van der Waals surface area contributed by atoms with E-state index in [1.807, 2.05) is 25.3 Å². The molecule has 0 atom stereocenters. The summed E-state index contributed by atoms with van der Waals surface area (Å²) in [6.07, 6.45) is 0.459. The van der Waals surface area contributed by atoms with Gasteiger partial charge in [0.1, 0.15) is 0 Å². The molecule has 0 fully saturated rings. The Bertz CT molecular complexity index is 355. The highest BCUT2D eigenvalue weighted by atomic mass is 32.1. The lowest BCUT2D eigenvalue weighted by Crippen LogP contribution is -2.17. The van der Waals surface area contributed by atoms with Crippen LogP contribution in [0.15, 0.2) is 16.5 Å². The van der Waals surface area contributed by atoms with Crippen LogP contribution in [0.2, 0.25) is 0 Å². The zero-order chi connectivity index (χ0) is 10.6. The molecule has 0 unspecified atom stereocenters. The smallest absolute Gasteiger partial charge is 0.239 e. The van der Waals surface area contributed by atoms with Crippen molar-refractivity contribution in [1.82, 2.24) is 5.43 Å². The van der Waals surface area contributed by atoms with Crippen LogP contribution in [0.4, 0.5) is 0 Å². The molecule has 0 saturated carbocycles. The molecule has 3 nitrogen and oxygen atoms in total. The van der Waals surface area contributed by atoms with Crippen molar-refractivity contribution in [2.75, 3.05) is 0 Å². The van der Waals surface area contributed by atoms with Crippen LogP contribution in [-0.4, -0.2) is 11.6 Å². The third-order valence-electron chi connectivity index (χ3n) is 1.86. The zero-order valence-electron chi connectivity index (χ0n) is 8.63. The number of amides is 1. The summed E-state index contributed by atoms with van der Waals surface area (Å²) in [5, 5.41) is 6.04. The molecule has 0 saturated heterocycles. The predicted molar refractivity (Wildman–Crippen MR) is 59.7 cm³/mol. The molecule has 0 radical (unpaired) electrons. The number of hydrazone groups is 1. The maximum absolute atomic E-state index is 11.0. The Hall–Kier alpha value is -1.16. The molecule has 1 rings (SSSR count). The molecule has 14 heavy (non-hydrogen) atoms. The van der Waals surface area contributed by atoms with E-state index >= 15 is 0 Å². The molecule has 0 aliphatic rings. The predicted octanol–water partition coefficient (Wildman–Crippen LogP) is 2.31. The number of hydrogen-bond donors (Lipinski definition) is 1. The van der Waals surface area contributed by atoms with Gasteiger partial charge in [-0.2, -0.15) is 5.10 Å². The highest BCUT2D eigenvalue weighted by Gasteiger charge is 2.03. The number of nitrogens with zero attached hydrogens (tertiary/aromatic N) is 1. The van der Waals surface area contributed by atoms with E-state index in [4.69, 9.17) is 0 Å². The van der Waals surface area contributed by atoms with Gasteiger partial charge in [-0.05, 0) is 30.9 Å². The first-order chi connectivity index (χ1) is 6.65. The average molecular weight is 210 g/mol. The number of carbonyl (C=O) groups excluding carboxylic acids is 1. The number of rotatable bonds is 3. The summed E-state index contributed by atoms with van der Waals surface area (Å²) in [5.41, 5.74) is 4.56. The molecule has 1 N–H and O–H groups in total. The summed E-state index contributed by atoms with van der Waals surface area (Å²) in [4.78, 5) is 12.1. The first-order valence-corrected chi connectivity index (χ1v) is 5.40. The summed E-state index contributed by atoms with van der Waals surface area (Å²) in [7, 11) is 0. The molecular weight excluding hydrogens is 196 g/mol. The molecule has 1 aromatic rings. The minimum Gasteiger partial charge on any atom is -0.273 e. The van der Waals surface area contributed by atoms with Crippen molar-refractivity contribution in [3.05, 3.63) is 21.9 Å². The molecule has 0 bridgehead atoms. The van der Waals surface area contributed by atoms with E-state index < -0.39 is 0 Å². The molecule has 1 aromatic heterocycles. The van der Waals surface area contributed by atoms with Gasteiger partial charge in [-0.15, -0.1) is 11.3 Å². The molecule has 0 aliphatic heterocycles. The zero-order valence-corrected chi connectivity index (χ0v) is 9.44. The van der Waals surface area contributed by atoms with Gasteiger partial charge in [0.25, 0.3) is 0 Å². The van der Waals surface area contributed by atoms with Crippen LogP contribution >= 0.6 is 11.3 Å². The molecule has 4 heteroatoms.